The lowest BCUT2D eigenvalue weighted by Crippen LogP contribution is -2.61. The standard InChI is InChI=1S/C13H22N4O/c14-11(15)7-16-12(18)17-13-4-8-1-9(5-13)3-10(2-8)6-13/h8-10H,1-7H2,(H3,14,15)(H2,16,17,18). The molecular weight excluding hydrogens is 228 g/mol. The van der Waals surface area contributed by atoms with E-state index in [9.17, 15) is 4.79 Å². The number of carbonyl (C=O) groups is 1. The van der Waals surface area contributed by atoms with Crippen molar-refractivity contribution in [2.24, 2.45) is 23.5 Å². The molecule has 100 valence electrons. The van der Waals surface area contributed by atoms with Gasteiger partial charge in [-0.15, -0.1) is 0 Å². The Morgan fingerprint density at radius 1 is 1.17 bits per heavy atom. The first-order valence-corrected chi connectivity index (χ1v) is 6.93. The third-order valence-electron chi connectivity index (χ3n) is 4.86. The van der Waals surface area contributed by atoms with Crippen LogP contribution in [0.2, 0.25) is 0 Å². The van der Waals surface area contributed by atoms with E-state index in [4.69, 9.17) is 11.1 Å². The van der Waals surface area contributed by atoms with E-state index in [1.54, 1.807) is 0 Å². The van der Waals surface area contributed by atoms with Crippen LogP contribution in [-0.2, 0) is 0 Å². The highest BCUT2D eigenvalue weighted by Crippen LogP contribution is 2.55. The molecule has 0 aromatic rings. The number of nitrogens with one attached hydrogen (secondary N) is 3. The SMILES string of the molecule is N=C(N)CNC(=O)NC12CC3CC(CC(C3)C1)C2. The van der Waals surface area contributed by atoms with E-state index in [2.05, 4.69) is 10.6 Å². The van der Waals surface area contributed by atoms with Crippen LogP contribution >= 0.6 is 0 Å². The number of urea groups is 1. The van der Waals surface area contributed by atoms with E-state index >= 15 is 0 Å². The molecule has 5 heteroatoms. The Morgan fingerprint density at radius 3 is 2.11 bits per heavy atom. The fourth-order valence-corrected chi connectivity index (χ4v) is 4.72. The van der Waals surface area contributed by atoms with Gasteiger partial charge in [0, 0.05) is 5.54 Å². The van der Waals surface area contributed by atoms with Gasteiger partial charge in [-0.1, -0.05) is 0 Å². The molecule has 4 aliphatic rings. The van der Waals surface area contributed by atoms with Crippen molar-refractivity contribution in [3.63, 3.8) is 0 Å². The lowest BCUT2D eigenvalue weighted by atomic mass is 9.53. The number of nitrogens with two attached hydrogens (primary N) is 1. The second kappa shape index (κ2) is 4.14. The summed E-state index contributed by atoms with van der Waals surface area (Å²) in [6.07, 6.45) is 7.55. The number of hydrogen-bond donors (Lipinski definition) is 4. The molecule has 0 saturated heterocycles. The van der Waals surface area contributed by atoms with E-state index in [0.29, 0.717) is 0 Å². The largest absolute Gasteiger partial charge is 0.386 e. The number of carbonyl (C=O) groups excluding carboxylic acids is 1. The lowest BCUT2D eigenvalue weighted by molar-refractivity contribution is -0.0134. The van der Waals surface area contributed by atoms with Crippen LogP contribution in [0.3, 0.4) is 0 Å². The summed E-state index contributed by atoms with van der Waals surface area (Å²) in [7, 11) is 0. The minimum atomic E-state index is -0.160. The molecule has 0 aromatic heterocycles. The molecule has 4 saturated carbocycles. The average Bonchev–Trinajstić information content (AvgIpc) is 2.23. The number of hydrogen-bond acceptors (Lipinski definition) is 2. The maximum atomic E-state index is 11.9. The number of amides is 2. The highest BCUT2D eigenvalue weighted by atomic mass is 16.2. The van der Waals surface area contributed by atoms with Crippen LogP contribution in [0.25, 0.3) is 0 Å². The highest BCUT2D eigenvalue weighted by Gasteiger charge is 2.51. The van der Waals surface area contributed by atoms with E-state index in [0.717, 1.165) is 37.0 Å². The quantitative estimate of drug-likeness (QED) is 0.447. The molecule has 5 nitrogen and oxygen atoms in total. The minimum Gasteiger partial charge on any atom is -0.386 e. The van der Waals surface area contributed by atoms with Crippen LogP contribution in [0.5, 0.6) is 0 Å². The van der Waals surface area contributed by atoms with Crippen molar-refractivity contribution >= 4 is 11.9 Å². The van der Waals surface area contributed by atoms with Gasteiger partial charge in [-0.05, 0) is 56.3 Å². The van der Waals surface area contributed by atoms with E-state index in [1.807, 2.05) is 0 Å². The Bertz CT molecular complexity index is 344. The summed E-state index contributed by atoms with van der Waals surface area (Å²) in [6, 6.07) is -0.160. The van der Waals surface area contributed by atoms with Crippen LogP contribution in [0.15, 0.2) is 0 Å². The minimum absolute atomic E-state index is 0.00402. The summed E-state index contributed by atoms with van der Waals surface area (Å²) >= 11 is 0. The summed E-state index contributed by atoms with van der Waals surface area (Å²) in [5.41, 5.74) is 5.28. The molecule has 0 aromatic carbocycles. The first-order chi connectivity index (χ1) is 8.55. The van der Waals surface area contributed by atoms with Gasteiger partial charge in [0.15, 0.2) is 0 Å². The topological polar surface area (TPSA) is 91.0 Å². The van der Waals surface area contributed by atoms with Crippen molar-refractivity contribution in [1.29, 1.82) is 5.41 Å². The predicted octanol–water partition coefficient (Wildman–Crippen LogP) is 1.19. The molecule has 2 amide bonds. The third kappa shape index (κ3) is 2.18. The van der Waals surface area contributed by atoms with Crippen LogP contribution < -0.4 is 16.4 Å². The predicted molar refractivity (Wildman–Crippen MR) is 69.4 cm³/mol. The zero-order valence-corrected chi connectivity index (χ0v) is 10.7. The first-order valence-electron chi connectivity index (χ1n) is 6.93. The second-order valence-electron chi connectivity index (χ2n) is 6.53. The van der Waals surface area contributed by atoms with Crippen molar-refractivity contribution < 1.29 is 4.79 Å². The van der Waals surface area contributed by atoms with Crippen LogP contribution in [0.1, 0.15) is 38.5 Å². The van der Waals surface area contributed by atoms with Gasteiger partial charge in [0.25, 0.3) is 0 Å². The average molecular weight is 250 g/mol. The summed E-state index contributed by atoms with van der Waals surface area (Å²) < 4.78 is 0. The zero-order chi connectivity index (χ0) is 12.8. The highest BCUT2D eigenvalue weighted by molar-refractivity contribution is 5.84. The van der Waals surface area contributed by atoms with Crippen LogP contribution in [0, 0.1) is 23.2 Å². The Hall–Kier alpha value is -1.26. The molecule has 4 fully saturated rings. The van der Waals surface area contributed by atoms with Gasteiger partial charge in [0.05, 0.1) is 6.54 Å². The molecular formula is C13H22N4O. The van der Waals surface area contributed by atoms with Gasteiger partial charge in [0.1, 0.15) is 5.84 Å². The molecule has 0 atom stereocenters. The van der Waals surface area contributed by atoms with Crippen molar-refractivity contribution in [3.8, 4) is 0 Å². The van der Waals surface area contributed by atoms with Crippen LogP contribution in [0.4, 0.5) is 4.79 Å². The maximum absolute atomic E-state index is 11.9. The first kappa shape index (κ1) is 11.8. The van der Waals surface area contributed by atoms with Crippen molar-refractivity contribution in [2.75, 3.05) is 6.54 Å². The van der Waals surface area contributed by atoms with Crippen LogP contribution in [-0.4, -0.2) is 24.0 Å². The number of amidine groups is 1. The molecule has 4 bridgehead atoms. The van der Waals surface area contributed by atoms with Gasteiger partial charge in [-0.3, -0.25) is 5.41 Å². The molecule has 0 aliphatic heterocycles. The molecule has 18 heavy (non-hydrogen) atoms. The lowest BCUT2D eigenvalue weighted by Gasteiger charge is -2.56. The summed E-state index contributed by atoms with van der Waals surface area (Å²) in [5, 5.41) is 13.0. The van der Waals surface area contributed by atoms with Crippen molar-refractivity contribution in [2.45, 2.75) is 44.1 Å². The van der Waals surface area contributed by atoms with Gasteiger partial charge < -0.3 is 16.4 Å². The molecule has 0 radical (unpaired) electrons. The molecule has 0 unspecified atom stereocenters. The van der Waals surface area contributed by atoms with Crippen molar-refractivity contribution in [1.82, 2.24) is 10.6 Å². The van der Waals surface area contributed by atoms with Gasteiger partial charge in [-0.2, -0.15) is 0 Å². The summed E-state index contributed by atoms with van der Waals surface area (Å²) in [4.78, 5) is 11.9. The molecule has 4 rings (SSSR count). The smallest absolute Gasteiger partial charge is 0.315 e. The molecule has 0 heterocycles. The number of rotatable bonds is 3. The molecule has 5 N–H and O–H groups in total. The van der Waals surface area contributed by atoms with Crippen molar-refractivity contribution in [3.05, 3.63) is 0 Å². The second-order valence-corrected chi connectivity index (χ2v) is 6.53. The van der Waals surface area contributed by atoms with E-state index in [1.165, 1.54) is 19.3 Å². The normalized spacial score (nSPS) is 40.6. The van der Waals surface area contributed by atoms with E-state index < -0.39 is 0 Å². The zero-order valence-electron chi connectivity index (χ0n) is 10.7. The van der Waals surface area contributed by atoms with Gasteiger partial charge in [-0.25, -0.2) is 4.79 Å². The summed E-state index contributed by atoms with van der Waals surface area (Å²) in [6.45, 7) is 0.137. The Labute approximate surface area is 107 Å². The summed E-state index contributed by atoms with van der Waals surface area (Å²) in [5.74, 6) is 2.47. The van der Waals surface area contributed by atoms with Gasteiger partial charge >= 0.3 is 6.03 Å². The van der Waals surface area contributed by atoms with Gasteiger partial charge in [0.2, 0.25) is 0 Å². The molecule has 0 spiro atoms. The third-order valence-corrected chi connectivity index (χ3v) is 4.86. The molecule has 4 aliphatic carbocycles. The fraction of sp³-hybridized carbons (Fsp3) is 0.846. The Kier molecular flexibility index (Phi) is 2.72. The maximum Gasteiger partial charge on any atom is 0.315 e. The Morgan fingerprint density at radius 2 is 1.67 bits per heavy atom. The fourth-order valence-electron chi connectivity index (χ4n) is 4.72. The van der Waals surface area contributed by atoms with E-state index in [-0.39, 0.29) is 24.0 Å². The Balaban J connectivity index is 1.61. The monoisotopic (exact) mass is 250 g/mol.